The molecule has 1 unspecified atom stereocenters. The Morgan fingerprint density at radius 3 is 2.64 bits per heavy atom. The fourth-order valence-electron chi connectivity index (χ4n) is 0.803. The quantitative estimate of drug-likeness (QED) is 0.513. The number of thiol groups is 1. The van der Waals surface area contributed by atoms with Crippen LogP contribution in [0.2, 0.25) is 5.02 Å². The van der Waals surface area contributed by atoms with E-state index in [2.05, 4.69) is 12.6 Å². The van der Waals surface area contributed by atoms with E-state index in [9.17, 15) is 0 Å². The van der Waals surface area contributed by atoms with Gasteiger partial charge >= 0.3 is 0 Å². The number of nitrogens with two attached hydrogens (primary N) is 1. The minimum atomic E-state index is 0.202. The maximum absolute atomic E-state index is 5.80. The Hall–Kier alpha value is -0.340. The first-order chi connectivity index (χ1) is 5.11. The molecule has 0 aromatic heterocycles. The molecule has 0 aliphatic rings. The van der Waals surface area contributed by atoms with E-state index >= 15 is 0 Å². The van der Waals surface area contributed by atoms with E-state index < -0.39 is 0 Å². The molecular weight excluding hydrogens is 178 g/mol. The average Bonchev–Trinajstić information content (AvgIpc) is 1.94. The predicted octanol–water partition coefficient (Wildman–Crippen LogP) is 2.91. The summed E-state index contributed by atoms with van der Waals surface area (Å²) in [5.41, 5.74) is 7.24. The van der Waals surface area contributed by atoms with Crippen molar-refractivity contribution in [1.29, 1.82) is 0 Å². The zero-order valence-electron chi connectivity index (χ0n) is 6.21. The highest BCUT2D eigenvalue weighted by Crippen LogP contribution is 2.25. The van der Waals surface area contributed by atoms with Gasteiger partial charge in [-0.3, -0.25) is 0 Å². The third-order valence-electron chi connectivity index (χ3n) is 1.51. The van der Waals surface area contributed by atoms with Crippen LogP contribution in [0, 0.1) is 0 Å². The maximum Gasteiger partial charge on any atom is 0.0638 e. The first kappa shape index (κ1) is 8.75. The van der Waals surface area contributed by atoms with Gasteiger partial charge in [0.25, 0.3) is 0 Å². The third-order valence-corrected chi connectivity index (χ3v) is 2.13. The summed E-state index contributed by atoms with van der Waals surface area (Å²) >= 11 is 10.1. The van der Waals surface area contributed by atoms with Crippen molar-refractivity contribution < 1.29 is 0 Å². The lowest BCUT2D eigenvalue weighted by molar-refractivity contribution is 1.11. The number of nitrogen functional groups attached to an aromatic ring is 1. The SMILES string of the molecule is CC(S)c1ccc(N)c(Cl)c1. The summed E-state index contributed by atoms with van der Waals surface area (Å²) in [5.74, 6) is 0. The Labute approximate surface area is 77.0 Å². The van der Waals surface area contributed by atoms with Crippen molar-refractivity contribution in [2.24, 2.45) is 0 Å². The standard InChI is InChI=1S/C8H10ClNS/c1-5(11)6-2-3-8(10)7(9)4-6/h2-5,11H,10H2,1H3. The minimum Gasteiger partial charge on any atom is -0.398 e. The lowest BCUT2D eigenvalue weighted by Crippen LogP contribution is -1.89. The molecule has 60 valence electrons. The second kappa shape index (κ2) is 3.37. The van der Waals surface area contributed by atoms with Crippen LogP contribution in [0.3, 0.4) is 0 Å². The van der Waals surface area contributed by atoms with Crippen molar-refractivity contribution in [3.8, 4) is 0 Å². The molecular formula is C8H10ClNS. The first-order valence-corrected chi connectivity index (χ1v) is 4.23. The number of rotatable bonds is 1. The molecule has 11 heavy (non-hydrogen) atoms. The molecule has 2 N–H and O–H groups in total. The summed E-state index contributed by atoms with van der Waals surface area (Å²) in [4.78, 5) is 0. The Kier molecular flexibility index (Phi) is 2.68. The van der Waals surface area contributed by atoms with E-state index in [1.54, 1.807) is 6.07 Å². The van der Waals surface area contributed by atoms with Crippen LogP contribution in [0.25, 0.3) is 0 Å². The smallest absolute Gasteiger partial charge is 0.0638 e. The van der Waals surface area contributed by atoms with Crippen LogP contribution >= 0.6 is 24.2 Å². The van der Waals surface area contributed by atoms with E-state index in [-0.39, 0.29) is 5.25 Å². The Balaban J connectivity index is 3.05. The van der Waals surface area contributed by atoms with E-state index in [1.165, 1.54) is 0 Å². The maximum atomic E-state index is 5.80. The van der Waals surface area contributed by atoms with Gasteiger partial charge in [-0.2, -0.15) is 12.6 Å². The Bertz CT molecular complexity index is 260. The summed E-state index contributed by atoms with van der Waals surface area (Å²) in [6.07, 6.45) is 0. The lowest BCUT2D eigenvalue weighted by atomic mass is 10.1. The molecule has 0 heterocycles. The number of hydrogen-bond donors (Lipinski definition) is 2. The first-order valence-electron chi connectivity index (χ1n) is 3.34. The van der Waals surface area contributed by atoms with Crippen molar-refractivity contribution >= 4 is 29.9 Å². The van der Waals surface area contributed by atoms with Gasteiger partial charge in [0, 0.05) is 5.25 Å². The van der Waals surface area contributed by atoms with Gasteiger partial charge in [-0.1, -0.05) is 17.7 Å². The fraction of sp³-hybridized carbons (Fsp3) is 0.250. The highest BCUT2D eigenvalue weighted by Gasteiger charge is 2.01. The molecule has 0 spiro atoms. The van der Waals surface area contributed by atoms with Crippen LogP contribution < -0.4 is 5.73 Å². The van der Waals surface area contributed by atoms with Crippen molar-refractivity contribution in [2.45, 2.75) is 12.2 Å². The van der Waals surface area contributed by atoms with Crippen molar-refractivity contribution in [3.63, 3.8) is 0 Å². The van der Waals surface area contributed by atoms with Gasteiger partial charge in [-0.15, -0.1) is 0 Å². The molecule has 0 bridgehead atoms. The lowest BCUT2D eigenvalue weighted by Gasteiger charge is -2.05. The van der Waals surface area contributed by atoms with Gasteiger partial charge in [0.1, 0.15) is 0 Å². The Morgan fingerprint density at radius 2 is 2.18 bits per heavy atom. The topological polar surface area (TPSA) is 26.0 Å². The van der Waals surface area contributed by atoms with Crippen LogP contribution in [0.4, 0.5) is 5.69 Å². The third kappa shape index (κ3) is 2.04. The van der Waals surface area contributed by atoms with E-state index in [4.69, 9.17) is 17.3 Å². The van der Waals surface area contributed by atoms with Gasteiger partial charge in [0.2, 0.25) is 0 Å². The normalized spacial score (nSPS) is 13.0. The number of benzene rings is 1. The molecule has 1 rings (SSSR count). The van der Waals surface area contributed by atoms with Crippen LogP contribution in [-0.4, -0.2) is 0 Å². The summed E-state index contributed by atoms with van der Waals surface area (Å²) in [6.45, 7) is 1.99. The number of anilines is 1. The largest absolute Gasteiger partial charge is 0.398 e. The zero-order chi connectivity index (χ0) is 8.43. The predicted molar refractivity (Wildman–Crippen MR) is 53.3 cm³/mol. The molecule has 3 heteroatoms. The summed E-state index contributed by atoms with van der Waals surface area (Å²) in [7, 11) is 0. The van der Waals surface area contributed by atoms with Gasteiger partial charge in [-0.05, 0) is 24.6 Å². The second-order valence-electron chi connectivity index (χ2n) is 2.46. The number of hydrogen-bond acceptors (Lipinski definition) is 2. The molecule has 0 saturated carbocycles. The minimum absolute atomic E-state index is 0.202. The molecule has 0 radical (unpaired) electrons. The van der Waals surface area contributed by atoms with Gasteiger partial charge < -0.3 is 5.73 Å². The zero-order valence-corrected chi connectivity index (χ0v) is 7.86. The highest BCUT2D eigenvalue weighted by molar-refractivity contribution is 7.80. The Morgan fingerprint density at radius 1 is 1.55 bits per heavy atom. The average molecular weight is 188 g/mol. The highest BCUT2D eigenvalue weighted by atomic mass is 35.5. The molecule has 1 atom stereocenters. The van der Waals surface area contributed by atoms with Crippen LogP contribution in [0.15, 0.2) is 18.2 Å². The molecule has 0 amide bonds. The van der Waals surface area contributed by atoms with E-state index in [0.717, 1.165) is 5.56 Å². The molecule has 1 aromatic carbocycles. The summed E-state index contributed by atoms with van der Waals surface area (Å²) in [6, 6.07) is 5.57. The van der Waals surface area contributed by atoms with Gasteiger partial charge in [-0.25, -0.2) is 0 Å². The van der Waals surface area contributed by atoms with Crippen molar-refractivity contribution in [2.75, 3.05) is 5.73 Å². The monoisotopic (exact) mass is 187 g/mol. The molecule has 0 fully saturated rings. The molecule has 0 aliphatic carbocycles. The van der Waals surface area contributed by atoms with Crippen LogP contribution in [0.1, 0.15) is 17.7 Å². The molecule has 0 aliphatic heterocycles. The number of halogens is 1. The molecule has 0 saturated heterocycles. The van der Waals surface area contributed by atoms with Crippen LogP contribution in [0.5, 0.6) is 0 Å². The van der Waals surface area contributed by atoms with Crippen molar-refractivity contribution in [1.82, 2.24) is 0 Å². The summed E-state index contributed by atoms with van der Waals surface area (Å²) in [5, 5.41) is 0.802. The summed E-state index contributed by atoms with van der Waals surface area (Å²) < 4.78 is 0. The van der Waals surface area contributed by atoms with E-state index in [1.807, 2.05) is 19.1 Å². The second-order valence-corrected chi connectivity index (χ2v) is 3.64. The van der Waals surface area contributed by atoms with Gasteiger partial charge in [0.05, 0.1) is 10.7 Å². The van der Waals surface area contributed by atoms with Gasteiger partial charge in [0.15, 0.2) is 0 Å². The van der Waals surface area contributed by atoms with E-state index in [0.29, 0.717) is 10.7 Å². The fourth-order valence-corrected chi connectivity index (χ4v) is 1.15. The molecule has 1 nitrogen and oxygen atoms in total. The molecule has 1 aromatic rings. The van der Waals surface area contributed by atoms with Crippen LogP contribution in [-0.2, 0) is 0 Å². The van der Waals surface area contributed by atoms with Crippen molar-refractivity contribution in [3.05, 3.63) is 28.8 Å².